The van der Waals surface area contributed by atoms with Crippen LogP contribution in [0, 0.1) is 0 Å². The highest BCUT2D eigenvalue weighted by atomic mass is 32.1. The molecule has 0 aliphatic carbocycles. The van der Waals surface area contributed by atoms with Gasteiger partial charge in [-0.25, -0.2) is 9.97 Å². The Morgan fingerprint density at radius 1 is 1.00 bits per heavy atom. The Kier molecular flexibility index (Phi) is 6.97. The molecule has 4 rings (SSSR count). The molecule has 2 aromatic carbocycles. The number of hydrogen-bond acceptors (Lipinski definition) is 6. The van der Waals surface area contributed by atoms with Crippen molar-refractivity contribution in [1.29, 1.82) is 0 Å². The van der Waals surface area contributed by atoms with Crippen LogP contribution in [0.25, 0.3) is 10.9 Å². The monoisotopic (exact) mass is 498 g/mol. The number of rotatable bonds is 6. The maximum atomic E-state index is 12.6. The van der Waals surface area contributed by atoms with E-state index in [0.29, 0.717) is 28.0 Å². The van der Waals surface area contributed by atoms with Crippen LogP contribution in [0.15, 0.2) is 67.1 Å². The zero-order valence-electron chi connectivity index (χ0n) is 18.8. The van der Waals surface area contributed by atoms with Crippen molar-refractivity contribution < 1.29 is 17.9 Å². The molecular weight excluding hydrogens is 477 g/mol. The topological polar surface area (TPSA) is 75.2 Å². The smallest absolute Gasteiger partial charge is 0.433 e. The van der Waals surface area contributed by atoms with Crippen molar-refractivity contribution in [3.63, 3.8) is 0 Å². The molecule has 11 heteroatoms. The highest BCUT2D eigenvalue weighted by Gasteiger charge is 2.31. The maximum Gasteiger partial charge on any atom is 0.433 e. The molecule has 180 valence electrons. The Hall–Kier alpha value is -3.99. The summed E-state index contributed by atoms with van der Waals surface area (Å²) in [5, 5.41) is 7.07. The largest absolute Gasteiger partial charge is 0.438 e. The number of pyridine rings is 1. The third-order valence-electron chi connectivity index (χ3n) is 4.99. The van der Waals surface area contributed by atoms with Crippen LogP contribution in [-0.2, 0) is 12.7 Å². The van der Waals surface area contributed by atoms with Gasteiger partial charge in [-0.15, -0.1) is 0 Å². The van der Waals surface area contributed by atoms with Crippen molar-refractivity contribution >= 4 is 39.6 Å². The molecule has 2 heterocycles. The third-order valence-corrected chi connectivity index (χ3v) is 5.24. The van der Waals surface area contributed by atoms with Gasteiger partial charge in [0.1, 0.15) is 17.8 Å². The lowest BCUT2D eigenvalue weighted by Gasteiger charge is -2.14. The molecule has 4 aromatic rings. The van der Waals surface area contributed by atoms with E-state index in [2.05, 4.69) is 25.6 Å². The summed E-state index contributed by atoms with van der Waals surface area (Å²) in [5.41, 5.74) is 2.15. The minimum atomic E-state index is -4.46. The summed E-state index contributed by atoms with van der Waals surface area (Å²) in [5.74, 6) is 1.03. The molecule has 0 unspecified atom stereocenters. The van der Waals surface area contributed by atoms with Crippen LogP contribution in [0.2, 0.25) is 0 Å². The molecule has 0 saturated carbocycles. The molecule has 2 aromatic heterocycles. The average molecular weight is 499 g/mol. The van der Waals surface area contributed by atoms with E-state index < -0.39 is 11.9 Å². The number of thiocarbonyl (C=S) groups is 1. The summed E-state index contributed by atoms with van der Waals surface area (Å²) >= 11 is 5.27. The number of aromatic nitrogens is 3. The molecule has 0 spiro atoms. The Morgan fingerprint density at radius 2 is 1.77 bits per heavy atom. The van der Waals surface area contributed by atoms with Crippen molar-refractivity contribution in [2.24, 2.45) is 0 Å². The number of alkyl halides is 3. The van der Waals surface area contributed by atoms with E-state index in [1.807, 2.05) is 37.2 Å². The van der Waals surface area contributed by atoms with Crippen LogP contribution in [0.4, 0.5) is 24.5 Å². The van der Waals surface area contributed by atoms with Crippen molar-refractivity contribution in [3.8, 4) is 11.6 Å². The fourth-order valence-corrected chi connectivity index (χ4v) is 3.34. The molecule has 2 N–H and O–H groups in total. The Labute approximate surface area is 205 Å². The number of ether oxygens (including phenoxy) is 1. The fraction of sp³-hybridized carbons (Fsp3) is 0.167. The lowest BCUT2D eigenvalue weighted by atomic mass is 10.2. The molecule has 7 nitrogen and oxygen atoms in total. The first-order valence-electron chi connectivity index (χ1n) is 10.5. The lowest BCUT2D eigenvalue weighted by Crippen LogP contribution is -2.28. The maximum absolute atomic E-state index is 12.6. The Balaban J connectivity index is 1.35. The Morgan fingerprint density at radius 3 is 2.43 bits per heavy atom. The fourth-order valence-electron chi connectivity index (χ4n) is 3.15. The van der Waals surface area contributed by atoms with E-state index in [9.17, 15) is 13.2 Å². The molecule has 0 radical (unpaired) electrons. The van der Waals surface area contributed by atoms with E-state index in [4.69, 9.17) is 17.0 Å². The average Bonchev–Trinajstić information content (AvgIpc) is 2.83. The van der Waals surface area contributed by atoms with Crippen molar-refractivity contribution in [3.05, 3.63) is 78.4 Å². The second-order valence-corrected chi connectivity index (χ2v) is 8.17. The zero-order chi connectivity index (χ0) is 25.0. The number of fused-ring (bicyclic) bond motifs is 1. The van der Waals surface area contributed by atoms with Gasteiger partial charge in [-0.3, -0.25) is 4.98 Å². The van der Waals surface area contributed by atoms with E-state index in [1.54, 1.807) is 24.3 Å². The standard InChI is InChI=1S/C24H21F3N6OS/c1-33(2)17-6-9-19-20(11-17)30-14-31-22(19)34-18-7-4-16(5-8-18)32-23(35)29-13-15-3-10-21(28-12-15)24(25,26)27/h3-12,14H,13H2,1-2H3,(H2,29,32,35). The summed E-state index contributed by atoms with van der Waals surface area (Å²) in [4.78, 5) is 14.0. The van der Waals surface area contributed by atoms with Crippen molar-refractivity contribution in [1.82, 2.24) is 20.3 Å². The van der Waals surface area contributed by atoms with Gasteiger partial charge in [0.25, 0.3) is 0 Å². The molecule has 0 aliphatic heterocycles. The van der Waals surface area contributed by atoms with Crippen LogP contribution in [0.1, 0.15) is 11.3 Å². The molecule has 0 saturated heterocycles. The third kappa shape index (κ3) is 6.12. The number of hydrogen-bond donors (Lipinski definition) is 2. The van der Waals surface area contributed by atoms with E-state index >= 15 is 0 Å². The zero-order valence-corrected chi connectivity index (χ0v) is 19.6. The highest BCUT2D eigenvalue weighted by molar-refractivity contribution is 7.80. The molecule has 35 heavy (non-hydrogen) atoms. The van der Waals surface area contributed by atoms with Gasteiger partial charge in [0.05, 0.1) is 10.9 Å². The van der Waals surface area contributed by atoms with Gasteiger partial charge >= 0.3 is 6.18 Å². The molecule has 0 fully saturated rings. The summed E-state index contributed by atoms with van der Waals surface area (Å²) in [6.45, 7) is 0.231. The van der Waals surface area contributed by atoms with Crippen molar-refractivity contribution in [2.75, 3.05) is 24.3 Å². The SMILES string of the molecule is CN(C)c1ccc2c(Oc3ccc(NC(=S)NCc4ccc(C(F)(F)F)nc4)cc3)ncnc2c1. The lowest BCUT2D eigenvalue weighted by molar-refractivity contribution is -0.141. The second kappa shape index (κ2) is 10.1. The second-order valence-electron chi connectivity index (χ2n) is 7.76. The van der Waals surface area contributed by atoms with Crippen LogP contribution in [0.3, 0.4) is 0 Å². The summed E-state index contributed by atoms with van der Waals surface area (Å²) in [6.07, 6.45) is -1.83. The first kappa shape index (κ1) is 24.1. The van der Waals surface area contributed by atoms with Gasteiger partial charge in [-0.1, -0.05) is 6.07 Å². The highest BCUT2D eigenvalue weighted by Crippen LogP contribution is 2.30. The van der Waals surface area contributed by atoms with Crippen LogP contribution in [-0.4, -0.2) is 34.2 Å². The van der Waals surface area contributed by atoms with Crippen LogP contribution in [0.5, 0.6) is 11.6 Å². The van der Waals surface area contributed by atoms with Gasteiger partial charge in [-0.05, 0) is 66.3 Å². The number of nitrogens with one attached hydrogen (secondary N) is 2. The van der Waals surface area contributed by atoms with Crippen LogP contribution >= 0.6 is 12.2 Å². The van der Waals surface area contributed by atoms with Crippen LogP contribution < -0.4 is 20.3 Å². The predicted molar refractivity (Wildman–Crippen MR) is 133 cm³/mol. The van der Waals surface area contributed by atoms with Crippen molar-refractivity contribution in [2.45, 2.75) is 12.7 Å². The van der Waals surface area contributed by atoms with Gasteiger partial charge in [0.2, 0.25) is 5.88 Å². The van der Waals surface area contributed by atoms with Gasteiger partial charge in [-0.2, -0.15) is 13.2 Å². The van der Waals surface area contributed by atoms with E-state index in [0.717, 1.165) is 22.7 Å². The molecule has 0 bridgehead atoms. The molecule has 0 aliphatic rings. The normalized spacial score (nSPS) is 11.2. The predicted octanol–water partition coefficient (Wildman–Crippen LogP) is 5.39. The first-order chi connectivity index (χ1) is 16.7. The van der Waals surface area contributed by atoms with E-state index in [-0.39, 0.29) is 6.54 Å². The minimum absolute atomic E-state index is 0.231. The van der Waals surface area contributed by atoms with Gasteiger partial charge < -0.3 is 20.3 Å². The Bertz CT molecular complexity index is 1330. The number of nitrogens with zero attached hydrogens (tertiary/aromatic N) is 4. The van der Waals surface area contributed by atoms with Gasteiger partial charge in [0.15, 0.2) is 5.11 Å². The molecular formula is C24H21F3N6OS. The number of halogens is 3. The summed E-state index contributed by atoms with van der Waals surface area (Å²) in [6, 6.07) is 15.3. The summed E-state index contributed by atoms with van der Waals surface area (Å²) < 4.78 is 43.8. The first-order valence-corrected chi connectivity index (χ1v) is 10.9. The minimum Gasteiger partial charge on any atom is -0.438 e. The summed E-state index contributed by atoms with van der Waals surface area (Å²) in [7, 11) is 3.92. The quantitative estimate of drug-likeness (QED) is 0.343. The van der Waals surface area contributed by atoms with E-state index in [1.165, 1.54) is 18.6 Å². The number of benzene rings is 2. The molecule has 0 amide bonds. The molecule has 0 atom stereocenters. The van der Waals surface area contributed by atoms with Gasteiger partial charge in [0, 0.05) is 38.2 Å². The number of anilines is 2.